The Kier molecular flexibility index (Phi) is 4.42. The third kappa shape index (κ3) is 3.83. The maximum absolute atomic E-state index is 11.6. The minimum Gasteiger partial charge on any atom is -0.350 e. The maximum atomic E-state index is 11.6. The van der Waals surface area contributed by atoms with Gasteiger partial charge in [-0.05, 0) is 35.6 Å². The van der Waals surface area contributed by atoms with Crippen LogP contribution in [0, 0.1) is 0 Å². The van der Waals surface area contributed by atoms with Crippen LogP contribution < -0.4 is 10.5 Å². The fourth-order valence-electron chi connectivity index (χ4n) is 1.52. The molecule has 0 aliphatic heterocycles. The second kappa shape index (κ2) is 6.07. The number of hydrogen-bond acceptors (Lipinski definition) is 6. The Hall–Kier alpha value is -1.84. The van der Waals surface area contributed by atoms with E-state index in [1.807, 2.05) is 0 Å². The van der Waals surface area contributed by atoms with Gasteiger partial charge in [-0.15, -0.1) is 5.10 Å². The lowest BCUT2D eigenvalue weighted by molar-refractivity contribution is 0.0949. The number of primary sulfonamides is 1. The number of nitrogens with two attached hydrogens (primary N) is 1. The SMILES string of the molecule is NS(=O)(=O)c1ccc(CCNC(=O)c2csnn2)cc1. The highest BCUT2D eigenvalue weighted by Gasteiger charge is 2.08. The summed E-state index contributed by atoms with van der Waals surface area (Å²) >= 11 is 1.11. The highest BCUT2D eigenvalue weighted by molar-refractivity contribution is 7.89. The van der Waals surface area contributed by atoms with Crippen molar-refractivity contribution in [1.29, 1.82) is 0 Å². The summed E-state index contributed by atoms with van der Waals surface area (Å²) in [6, 6.07) is 6.21. The van der Waals surface area contributed by atoms with Gasteiger partial charge in [0.05, 0.1) is 4.90 Å². The van der Waals surface area contributed by atoms with E-state index in [-0.39, 0.29) is 10.8 Å². The normalized spacial score (nSPS) is 11.2. The van der Waals surface area contributed by atoms with Crippen molar-refractivity contribution >= 4 is 27.5 Å². The molecule has 1 aromatic heterocycles. The quantitative estimate of drug-likeness (QED) is 0.816. The molecule has 9 heteroatoms. The van der Waals surface area contributed by atoms with Gasteiger partial charge in [0.1, 0.15) is 0 Å². The van der Waals surface area contributed by atoms with Gasteiger partial charge in [0, 0.05) is 11.9 Å². The minimum atomic E-state index is -3.67. The van der Waals surface area contributed by atoms with Gasteiger partial charge in [0.25, 0.3) is 5.91 Å². The first-order chi connectivity index (χ1) is 9.47. The van der Waals surface area contributed by atoms with Crippen LogP contribution >= 0.6 is 11.5 Å². The first kappa shape index (κ1) is 14.6. The number of benzene rings is 1. The molecule has 0 saturated heterocycles. The van der Waals surface area contributed by atoms with E-state index < -0.39 is 10.0 Å². The van der Waals surface area contributed by atoms with Gasteiger partial charge in [0.15, 0.2) is 5.69 Å². The maximum Gasteiger partial charge on any atom is 0.272 e. The van der Waals surface area contributed by atoms with Crippen LogP contribution in [0.4, 0.5) is 0 Å². The van der Waals surface area contributed by atoms with Gasteiger partial charge >= 0.3 is 0 Å². The molecule has 0 aliphatic carbocycles. The molecule has 1 amide bonds. The number of sulfonamides is 1. The molecule has 1 heterocycles. The molecule has 0 aliphatic rings. The largest absolute Gasteiger partial charge is 0.350 e. The van der Waals surface area contributed by atoms with Crippen LogP contribution in [-0.4, -0.2) is 30.5 Å². The lowest BCUT2D eigenvalue weighted by atomic mass is 10.1. The highest BCUT2D eigenvalue weighted by Crippen LogP contribution is 2.09. The van der Waals surface area contributed by atoms with E-state index >= 15 is 0 Å². The Morgan fingerprint density at radius 1 is 1.30 bits per heavy atom. The molecule has 0 unspecified atom stereocenters. The number of nitrogens with one attached hydrogen (secondary N) is 1. The van der Waals surface area contributed by atoms with Crippen LogP contribution in [0.5, 0.6) is 0 Å². The molecule has 0 bridgehead atoms. The van der Waals surface area contributed by atoms with Crippen molar-refractivity contribution in [3.63, 3.8) is 0 Å². The van der Waals surface area contributed by atoms with Gasteiger partial charge in [-0.25, -0.2) is 13.6 Å². The average molecular weight is 312 g/mol. The topological polar surface area (TPSA) is 115 Å². The molecule has 2 aromatic rings. The van der Waals surface area contributed by atoms with Crippen molar-refractivity contribution in [2.45, 2.75) is 11.3 Å². The summed E-state index contributed by atoms with van der Waals surface area (Å²) in [5.74, 6) is -0.278. The summed E-state index contributed by atoms with van der Waals surface area (Å²) in [5, 5.41) is 12.9. The van der Waals surface area contributed by atoms with Crippen LogP contribution in [0.3, 0.4) is 0 Å². The van der Waals surface area contributed by atoms with E-state index in [0.717, 1.165) is 17.1 Å². The summed E-state index contributed by atoms with van der Waals surface area (Å²) < 4.78 is 25.8. The van der Waals surface area contributed by atoms with Crippen molar-refractivity contribution < 1.29 is 13.2 Å². The standard InChI is InChI=1S/C11H12N4O3S2/c12-20(17,18)9-3-1-8(2-4-9)5-6-13-11(16)10-7-19-15-14-10/h1-4,7H,5-6H2,(H,13,16)(H2,12,17,18). The highest BCUT2D eigenvalue weighted by atomic mass is 32.2. The third-order valence-electron chi connectivity index (χ3n) is 2.54. The summed E-state index contributed by atoms with van der Waals surface area (Å²) in [4.78, 5) is 11.6. The first-order valence-electron chi connectivity index (χ1n) is 5.64. The monoisotopic (exact) mass is 312 g/mol. The summed E-state index contributed by atoms with van der Waals surface area (Å²) in [7, 11) is -3.67. The molecule has 0 saturated carbocycles. The second-order valence-electron chi connectivity index (χ2n) is 3.99. The molecule has 0 spiro atoms. The number of nitrogens with zero attached hydrogens (tertiary/aromatic N) is 2. The van der Waals surface area contributed by atoms with Gasteiger partial charge in [-0.1, -0.05) is 16.6 Å². The van der Waals surface area contributed by atoms with E-state index in [9.17, 15) is 13.2 Å². The van der Waals surface area contributed by atoms with Crippen LogP contribution in [0.1, 0.15) is 16.1 Å². The van der Waals surface area contributed by atoms with E-state index in [2.05, 4.69) is 14.9 Å². The molecule has 7 nitrogen and oxygen atoms in total. The lowest BCUT2D eigenvalue weighted by Gasteiger charge is -2.04. The Bertz CT molecular complexity index is 681. The summed E-state index contributed by atoms with van der Waals surface area (Å²) in [6.07, 6.45) is 0.578. The second-order valence-corrected chi connectivity index (χ2v) is 6.16. The van der Waals surface area contributed by atoms with E-state index in [1.165, 1.54) is 12.1 Å². The summed E-state index contributed by atoms with van der Waals surface area (Å²) in [5.41, 5.74) is 1.19. The van der Waals surface area contributed by atoms with Crippen molar-refractivity contribution in [3.8, 4) is 0 Å². The molecule has 0 fully saturated rings. The molecule has 106 valence electrons. The van der Waals surface area contributed by atoms with Crippen LogP contribution in [0.2, 0.25) is 0 Å². The number of hydrogen-bond donors (Lipinski definition) is 2. The number of carbonyl (C=O) groups is 1. The Morgan fingerprint density at radius 2 is 2.00 bits per heavy atom. The Labute approximate surface area is 120 Å². The number of rotatable bonds is 5. The van der Waals surface area contributed by atoms with E-state index in [0.29, 0.717) is 18.7 Å². The average Bonchev–Trinajstić information content (AvgIpc) is 2.92. The van der Waals surface area contributed by atoms with Crippen molar-refractivity contribution in [2.24, 2.45) is 5.14 Å². The molecule has 2 rings (SSSR count). The van der Waals surface area contributed by atoms with E-state index in [1.54, 1.807) is 17.5 Å². The zero-order valence-electron chi connectivity index (χ0n) is 10.3. The minimum absolute atomic E-state index is 0.0684. The predicted octanol–water partition coefficient (Wildman–Crippen LogP) is 0.158. The zero-order valence-corrected chi connectivity index (χ0v) is 11.9. The van der Waals surface area contributed by atoms with Crippen molar-refractivity contribution in [1.82, 2.24) is 14.9 Å². The zero-order chi connectivity index (χ0) is 14.6. The van der Waals surface area contributed by atoms with Gasteiger partial charge < -0.3 is 5.32 Å². The fraction of sp³-hybridized carbons (Fsp3) is 0.182. The number of amides is 1. The molecular weight excluding hydrogens is 300 g/mol. The van der Waals surface area contributed by atoms with Crippen molar-refractivity contribution in [2.75, 3.05) is 6.54 Å². The molecule has 0 radical (unpaired) electrons. The molecular formula is C11H12N4O3S2. The molecule has 3 N–H and O–H groups in total. The number of aromatic nitrogens is 2. The fourth-order valence-corrected chi connectivity index (χ4v) is 2.47. The smallest absolute Gasteiger partial charge is 0.272 e. The van der Waals surface area contributed by atoms with Crippen LogP contribution in [-0.2, 0) is 16.4 Å². The van der Waals surface area contributed by atoms with Crippen molar-refractivity contribution in [3.05, 3.63) is 40.9 Å². The van der Waals surface area contributed by atoms with Gasteiger partial charge in [-0.3, -0.25) is 4.79 Å². The van der Waals surface area contributed by atoms with Gasteiger partial charge in [-0.2, -0.15) is 0 Å². The van der Waals surface area contributed by atoms with Gasteiger partial charge in [0.2, 0.25) is 10.0 Å². The third-order valence-corrected chi connectivity index (χ3v) is 3.98. The van der Waals surface area contributed by atoms with Crippen LogP contribution in [0.15, 0.2) is 34.5 Å². The number of carbonyl (C=O) groups excluding carboxylic acids is 1. The molecule has 20 heavy (non-hydrogen) atoms. The lowest BCUT2D eigenvalue weighted by Crippen LogP contribution is -2.26. The first-order valence-corrected chi connectivity index (χ1v) is 8.02. The molecule has 0 atom stereocenters. The Morgan fingerprint density at radius 3 is 2.55 bits per heavy atom. The van der Waals surface area contributed by atoms with Crippen LogP contribution in [0.25, 0.3) is 0 Å². The van der Waals surface area contributed by atoms with E-state index in [4.69, 9.17) is 5.14 Å². The predicted molar refractivity (Wildman–Crippen MR) is 73.8 cm³/mol. The molecule has 1 aromatic carbocycles. The summed E-state index contributed by atoms with van der Waals surface area (Å²) in [6.45, 7) is 0.422. The Balaban J connectivity index is 1.87.